The Bertz CT molecular complexity index is 4110. The standard InChI is InChI=1S/C62H39F63N2O2Si/c1-32(2,3)126-30(128)29(26-12-8-5-9-13-26)127(24-25-10-6-4-7-11-25)31(129)27-14-16-28(17-15-27)130(21-18-33(63,64)36(69,70)39(75,76)42(81,82)45(87,88)48(93,94)51(99,100)54(105,106)57(111,112)60(117,118)119,22-19-34(65,66)37(71,72)40(77,78)43(83,84)46(89,90)49(95,96)52(101,102)55(107,108)58(113,114)61(120,121)122)23-20-35(67,68)38(73,74)41(79,80)44(85,86)47(91,92)50(97,98)53(103,104)56(109,110)59(115,116)62(123,124)125/h4-17,29H,18-24H2,1-3H3,(H,126,128). The van der Waals surface area contributed by atoms with Gasteiger partial charge in [-0.05, 0) is 62.2 Å². The monoisotopic (exact) mass is 2070 g/mol. The molecule has 0 fully saturated rings. The molecule has 2 amide bonds. The molecule has 1 atom stereocenters. The van der Waals surface area contributed by atoms with E-state index in [9.17, 15) is 181 Å². The highest BCUT2D eigenvalue weighted by molar-refractivity contribution is 6.92. The summed E-state index contributed by atoms with van der Waals surface area (Å²) in [4.78, 5) is 29.1. The molecule has 0 aliphatic carbocycles. The highest BCUT2D eigenvalue weighted by atomic mass is 28.3. The number of benzene rings is 3. The Morgan fingerprint density at radius 2 is 0.454 bits per heavy atom. The minimum absolute atomic E-state index is 0.138. The van der Waals surface area contributed by atoms with Crippen molar-refractivity contribution < 1.29 is 286 Å². The molecule has 130 heavy (non-hydrogen) atoms. The van der Waals surface area contributed by atoms with Crippen molar-refractivity contribution >= 4 is 25.1 Å². The van der Waals surface area contributed by atoms with Crippen LogP contribution in [0, 0.1) is 0 Å². The van der Waals surface area contributed by atoms with Gasteiger partial charge in [-0.25, -0.2) is 0 Å². The van der Waals surface area contributed by atoms with Crippen LogP contribution < -0.4 is 10.5 Å². The first-order chi connectivity index (χ1) is 56.3. The van der Waals surface area contributed by atoms with E-state index in [-0.39, 0.29) is 10.5 Å². The number of alkyl halides is 63. The number of amides is 2. The molecular formula is C62H39F63N2O2Si. The average Bonchev–Trinajstić information content (AvgIpc) is 0.691. The van der Waals surface area contributed by atoms with Gasteiger partial charge in [-0.3, -0.25) is 9.59 Å². The van der Waals surface area contributed by atoms with E-state index in [0.29, 0.717) is 0 Å². The summed E-state index contributed by atoms with van der Waals surface area (Å²) in [5.74, 6) is -269. The van der Waals surface area contributed by atoms with Gasteiger partial charge in [-0.15, -0.1) is 0 Å². The number of carbonyl (C=O) groups is 2. The lowest BCUT2D eigenvalue weighted by Crippen LogP contribution is -2.77. The van der Waals surface area contributed by atoms with E-state index in [1.807, 2.05) is 0 Å². The highest BCUT2D eigenvalue weighted by Gasteiger charge is 3.02. The summed E-state index contributed by atoms with van der Waals surface area (Å²) in [6.07, 6.45) is -41.2. The minimum Gasteiger partial charge on any atom is -0.349 e. The second kappa shape index (κ2) is 33.2. The van der Waals surface area contributed by atoms with Crippen LogP contribution in [-0.2, 0) is 11.3 Å². The predicted octanol–water partition coefficient (Wildman–Crippen LogP) is 26.7. The van der Waals surface area contributed by atoms with Crippen LogP contribution >= 0.6 is 0 Å². The molecule has 4 nitrogen and oxygen atoms in total. The zero-order chi connectivity index (χ0) is 104. The zero-order valence-electron chi connectivity index (χ0n) is 61.2. The van der Waals surface area contributed by atoms with Crippen molar-refractivity contribution in [3.05, 3.63) is 102 Å². The number of hydrogen-bond acceptors (Lipinski definition) is 2. The van der Waals surface area contributed by atoms with Crippen LogP contribution in [0.25, 0.3) is 0 Å². The normalized spacial score (nSPS) is 16.3. The maximum atomic E-state index is 16.3. The van der Waals surface area contributed by atoms with Crippen molar-refractivity contribution in [2.75, 3.05) is 0 Å². The maximum Gasteiger partial charge on any atom is 0.460 e. The number of halogens is 63. The van der Waals surface area contributed by atoms with Crippen LogP contribution in [-0.4, -0.2) is 209 Å². The third kappa shape index (κ3) is 17.0. The van der Waals surface area contributed by atoms with E-state index < -0.39 is 294 Å². The summed E-state index contributed by atoms with van der Waals surface area (Å²) in [5, 5.41) is -0.652. The van der Waals surface area contributed by atoms with E-state index in [1.54, 1.807) is 0 Å². The lowest BCUT2D eigenvalue weighted by molar-refractivity contribution is -0.474. The largest absolute Gasteiger partial charge is 0.460 e. The first-order valence-electron chi connectivity index (χ1n) is 32.6. The molecule has 68 heteroatoms. The molecule has 3 rings (SSSR count). The Morgan fingerprint density at radius 1 is 0.262 bits per heavy atom. The SMILES string of the molecule is CC(C)(C)NC(=O)C(c1ccccc1)N(Cc1ccccc1)C(=O)c1ccc([Si](CCC(F)(F)C(F)(F)C(F)(F)C(F)(F)C(F)(F)C(F)(F)C(F)(F)C(F)(F)C(F)(F)C(F)(F)F)(CCC(F)(F)C(F)(F)C(F)(F)C(F)(F)C(F)(F)C(F)(F)C(F)(F)C(F)(F)C(F)(F)C(F)(F)F)CCC(F)(F)C(F)(F)C(F)(F)C(F)(F)C(F)(F)C(F)(F)C(F)(F)C(F)(F)C(F)(F)C(F)(F)F)cc1. The molecule has 0 spiro atoms. The molecule has 0 saturated carbocycles. The van der Waals surface area contributed by atoms with E-state index >= 15 is 105 Å². The van der Waals surface area contributed by atoms with Gasteiger partial charge in [0.1, 0.15) is 6.04 Å². The first kappa shape index (κ1) is 117. The van der Waals surface area contributed by atoms with Crippen LogP contribution in [0.1, 0.15) is 67.6 Å². The topological polar surface area (TPSA) is 49.4 Å². The van der Waals surface area contributed by atoms with Gasteiger partial charge in [0.25, 0.3) is 5.91 Å². The van der Waals surface area contributed by atoms with Crippen molar-refractivity contribution in [1.82, 2.24) is 10.2 Å². The zero-order valence-corrected chi connectivity index (χ0v) is 62.2. The summed E-state index contributed by atoms with van der Waals surface area (Å²) in [5.41, 5.74) is -4.22. The number of nitrogens with zero attached hydrogens (tertiary/aromatic N) is 1. The third-order valence-electron chi connectivity index (χ3n) is 18.9. The van der Waals surface area contributed by atoms with Crippen molar-refractivity contribution in [1.29, 1.82) is 0 Å². The number of nitrogens with one attached hydrogen (secondary N) is 1. The van der Waals surface area contributed by atoms with Crippen LogP contribution in [0.4, 0.5) is 277 Å². The van der Waals surface area contributed by atoms with Crippen molar-refractivity contribution in [2.24, 2.45) is 0 Å². The minimum atomic E-state index is -10.3. The molecule has 0 heterocycles. The number of hydrogen-bond donors (Lipinski definition) is 1. The summed E-state index contributed by atoms with van der Waals surface area (Å²) >= 11 is 0. The fraction of sp³-hybridized carbons (Fsp3) is 0.677. The van der Waals surface area contributed by atoms with Gasteiger partial charge >= 0.3 is 178 Å². The van der Waals surface area contributed by atoms with Gasteiger partial charge in [0.15, 0.2) is 0 Å². The molecule has 0 aromatic heterocycles. The van der Waals surface area contributed by atoms with Crippen LogP contribution in [0.3, 0.4) is 0 Å². The molecule has 3 aromatic carbocycles. The fourth-order valence-electron chi connectivity index (χ4n) is 11.0. The number of rotatable bonds is 40. The van der Waals surface area contributed by atoms with E-state index in [0.717, 1.165) is 81.4 Å². The van der Waals surface area contributed by atoms with Crippen LogP contribution in [0.15, 0.2) is 84.9 Å². The Kier molecular flexibility index (Phi) is 29.7. The Labute approximate surface area is 677 Å². The fourth-order valence-corrected chi connectivity index (χ4v) is 15.8. The van der Waals surface area contributed by atoms with E-state index in [1.165, 1.54) is 0 Å². The predicted molar refractivity (Wildman–Crippen MR) is 305 cm³/mol. The lowest BCUT2D eigenvalue weighted by atomic mass is 9.86. The summed E-state index contributed by atoms with van der Waals surface area (Å²) < 4.78 is 919. The third-order valence-corrected chi connectivity index (χ3v) is 24.0. The maximum absolute atomic E-state index is 16.3. The van der Waals surface area contributed by atoms with Gasteiger partial charge in [0.2, 0.25) is 5.91 Å². The molecule has 0 saturated heterocycles. The van der Waals surface area contributed by atoms with Crippen LogP contribution in [0.2, 0.25) is 18.1 Å². The van der Waals surface area contributed by atoms with Crippen molar-refractivity contribution in [2.45, 2.75) is 255 Å². The highest BCUT2D eigenvalue weighted by Crippen LogP contribution is 2.72. The molecule has 0 aliphatic heterocycles. The summed E-state index contributed by atoms with van der Waals surface area (Å²) in [6.45, 7) is 2.03. The molecular weight excluding hydrogens is 2030 g/mol. The van der Waals surface area contributed by atoms with Crippen molar-refractivity contribution in [3.8, 4) is 0 Å². The Hall–Kier alpha value is -7.59. The quantitative estimate of drug-likeness (QED) is 0.0456. The van der Waals surface area contributed by atoms with E-state index in [2.05, 4.69) is 5.32 Å². The summed E-state index contributed by atoms with van der Waals surface area (Å²) in [6, 6.07) is -8.86. The number of carbonyl (C=O) groups excluding carboxylic acids is 2. The van der Waals surface area contributed by atoms with Gasteiger partial charge < -0.3 is 10.2 Å². The molecule has 1 N–H and O–H groups in total. The molecule has 0 bridgehead atoms. The van der Waals surface area contributed by atoms with Gasteiger partial charge in [0, 0.05) is 36.9 Å². The molecule has 1 unspecified atom stereocenters. The van der Waals surface area contributed by atoms with Crippen molar-refractivity contribution in [3.63, 3.8) is 0 Å². The first-order valence-corrected chi connectivity index (χ1v) is 35.2. The molecule has 0 aliphatic rings. The Morgan fingerprint density at radius 3 is 0.654 bits per heavy atom. The second-order valence-corrected chi connectivity index (χ2v) is 33.4. The lowest BCUT2D eigenvalue weighted by Gasteiger charge is -2.45. The average molecular weight is 2070 g/mol. The van der Waals surface area contributed by atoms with Gasteiger partial charge in [-0.1, -0.05) is 78.0 Å². The van der Waals surface area contributed by atoms with E-state index in [4.69, 9.17) is 0 Å². The van der Waals surface area contributed by atoms with Gasteiger partial charge in [0.05, 0.1) is 8.07 Å². The van der Waals surface area contributed by atoms with Gasteiger partial charge in [-0.2, -0.15) is 277 Å². The molecule has 754 valence electrons. The second-order valence-electron chi connectivity index (χ2n) is 28.7. The molecule has 0 radical (unpaired) electrons. The Balaban J connectivity index is 2.88. The molecule has 3 aromatic rings. The summed E-state index contributed by atoms with van der Waals surface area (Å²) in [7, 11) is -8.52. The van der Waals surface area contributed by atoms with Crippen LogP contribution in [0.5, 0.6) is 0 Å². The smallest absolute Gasteiger partial charge is 0.349 e.